The third-order valence-corrected chi connectivity index (χ3v) is 4.22. The van der Waals surface area contributed by atoms with Gasteiger partial charge in [-0.05, 0) is 30.2 Å². The van der Waals surface area contributed by atoms with Crippen LogP contribution in [0.4, 0.5) is 10.2 Å². The molecule has 0 aliphatic carbocycles. The van der Waals surface area contributed by atoms with Crippen molar-refractivity contribution < 1.29 is 9.18 Å². The predicted molar refractivity (Wildman–Crippen MR) is 72.6 cm³/mol. The second kappa shape index (κ2) is 5.01. The van der Waals surface area contributed by atoms with Crippen LogP contribution < -0.4 is 5.32 Å². The summed E-state index contributed by atoms with van der Waals surface area (Å²) in [5.74, 6) is -0.485. The Balaban J connectivity index is 1.70. The summed E-state index contributed by atoms with van der Waals surface area (Å²) >= 11 is 1.53. The lowest BCUT2D eigenvalue weighted by Crippen LogP contribution is -2.25. The first-order valence-corrected chi connectivity index (χ1v) is 6.78. The first-order chi connectivity index (χ1) is 9.22. The molecule has 0 saturated carbocycles. The standard InChI is InChI=1S/C14H11FN2OS/c15-12-6-3-7-13(16-12)17-14(18)11-8-9-4-1-2-5-10(9)19-11/h1-7,11H,8H2,(H,16,17,18). The molecule has 1 N–H and O–H groups in total. The Morgan fingerprint density at radius 2 is 2.11 bits per heavy atom. The van der Waals surface area contributed by atoms with Crippen molar-refractivity contribution in [3.05, 3.63) is 54.0 Å². The van der Waals surface area contributed by atoms with E-state index >= 15 is 0 Å². The van der Waals surface area contributed by atoms with Gasteiger partial charge in [-0.3, -0.25) is 4.79 Å². The van der Waals surface area contributed by atoms with Crippen molar-refractivity contribution >= 4 is 23.5 Å². The number of thioether (sulfide) groups is 1. The molecule has 1 aromatic carbocycles. The van der Waals surface area contributed by atoms with Crippen LogP contribution in [0.3, 0.4) is 0 Å². The second-order valence-electron chi connectivity index (χ2n) is 4.25. The minimum absolute atomic E-state index is 0.140. The Morgan fingerprint density at radius 1 is 1.26 bits per heavy atom. The summed E-state index contributed by atoms with van der Waals surface area (Å²) in [4.78, 5) is 16.9. The smallest absolute Gasteiger partial charge is 0.239 e. The molecule has 1 amide bonds. The Morgan fingerprint density at radius 3 is 2.89 bits per heavy atom. The number of pyridine rings is 1. The van der Waals surface area contributed by atoms with Crippen molar-refractivity contribution in [3.8, 4) is 0 Å². The van der Waals surface area contributed by atoms with E-state index in [9.17, 15) is 9.18 Å². The highest BCUT2D eigenvalue weighted by atomic mass is 32.2. The van der Waals surface area contributed by atoms with Crippen molar-refractivity contribution in [1.82, 2.24) is 4.98 Å². The van der Waals surface area contributed by atoms with Gasteiger partial charge in [0.05, 0.1) is 5.25 Å². The molecule has 1 aliphatic heterocycles. The molecule has 1 atom stereocenters. The number of hydrogen-bond donors (Lipinski definition) is 1. The van der Waals surface area contributed by atoms with Gasteiger partial charge in [-0.15, -0.1) is 11.8 Å². The van der Waals surface area contributed by atoms with Crippen molar-refractivity contribution in [2.45, 2.75) is 16.6 Å². The lowest BCUT2D eigenvalue weighted by molar-refractivity contribution is -0.115. The zero-order valence-corrected chi connectivity index (χ0v) is 10.8. The summed E-state index contributed by atoms with van der Waals surface area (Å²) in [7, 11) is 0. The van der Waals surface area contributed by atoms with Crippen LogP contribution in [0, 0.1) is 5.95 Å². The van der Waals surface area contributed by atoms with Crippen LogP contribution in [0.1, 0.15) is 5.56 Å². The van der Waals surface area contributed by atoms with Gasteiger partial charge in [0.25, 0.3) is 0 Å². The van der Waals surface area contributed by atoms with Gasteiger partial charge in [-0.1, -0.05) is 24.3 Å². The number of nitrogens with zero attached hydrogens (tertiary/aromatic N) is 1. The van der Waals surface area contributed by atoms with Crippen LogP contribution in [0.5, 0.6) is 0 Å². The molecule has 96 valence electrons. The Bertz CT molecular complexity index is 607. The summed E-state index contributed by atoms with van der Waals surface area (Å²) in [6.45, 7) is 0. The minimum Gasteiger partial charge on any atom is -0.310 e. The monoisotopic (exact) mass is 274 g/mol. The fourth-order valence-corrected chi connectivity index (χ4v) is 3.21. The summed E-state index contributed by atoms with van der Waals surface area (Å²) in [5, 5.41) is 2.47. The lowest BCUT2D eigenvalue weighted by atomic mass is 10.1. The first kappa shape index (κ1) is 12.2. The van der Waals surface area contributed by atoms with Crippen molar-refractivity contribution in [2.75, 3.05) is 5.32 Å². The molecule has 1 aliphatic rings. The molecule has 19 heavy (non-hydrogen) atoms. The maximum atomic E-state index is 12.9. The van der Waals surface area contributed by atoms with E-state index < -0.39 is 5.95 Å². The van der Waals surface area contributed by atoms with E-state index in [-0.39, 0.29) is 17.0 Å². The number of aromatic nitrogens is 1. The number of nitrogens with one attached hydrogen (secondary N) is 1. The number of fused-ring (bicyclic) bond motifs is 1. The molecule has 1 aromatic heterocycles. The average Bonchev–Trinajstić information content (AvgIpc) is 2.82. The molecule has 0 bridgehead atoms. The average molecular weight is 274 g/mol. The van der Waals surface area contributed by atoms with Gasteiger partial charge in [0.15, 0.2) is 0 Å². The first-order valence-electron chi connectivity index (χ1n) is 5.90. The van der Waals surface area contributed by atoms with Crippen LogP contribution in [-0.2, 0) is 11.2 Å². The van der Waals surface area contributed by atoms with Gasteiger partial charge in [0.1, 0.15) is 5.82 Å². The van der Waals surface area contributed by atoms with Crippen LogP contribution in [0.15, 0.2) is 47.4 Å². The summed E-state index contributed by atoms with van der Waals surface area (Å²) in [5.41, 5.74) is 1.18. The van der Waals surface area contributed by atoms with Crippen molar-refractivity contribution in [2.24, 2.45) is 0 Å². The van der Waals surface area contributed by atoms with Gasteiger partial charge in [0.2, 0.25) is 11.9 Å². The van der Waals surface area contributed by atoms with Crippen LogP contribution in [0.2, 0.25) is 0 Å². The van der Waals surface area contributed by atoms with E-state index in [4.69, 9.17) is 0 Å². The number of carbonyl (C=O) groups excluding carboxylic acids is 1. The summed E-state index contributed by atoms with van der Waals surface area (Å²) in [6.07, 6.45) is 0.696. The minimum atomic E-state index is -0.597. The van der Waals surface area contributed by atoms with Gasteiger partial charge in [-0.2, -0.15) is 4.39 Å². The Hall–Kier alpha value is -1.88. The summed E-state index contributed by atoms with van der Waals surface area (Å²) < 4.78 is 12.9. The molecule has 0 radical (unpaired) electrons. The molecule has 0 saturated heterocycles. The molecule has 1 unspecified atom stereocenters. The SMILES string of the molecule is O=C(Nc1cccc(F)n1)C1Cc2ccccc2S1. The maximum Gasteiger partial charge on any atom is 0.239 e. The van der Waals surface area contributed by atoms with Crippen molar-refractivity contribution in [3.63, 3.8) is 0 Å². The normalized spacial score (nSPS) is 17.0. The highest BCUT2D eigenvalue weighted by Crippen LogP contribution is 2.37. The van der Waals surface area contributed by atoms with Crippen LogP contribution in [-0.4, -0.2) is 16.1 Å². The molecular formula is C14H11FN2OS. The van der Waals surface area contributed by atoms with Gasteiger partial charge < -0.3 is 5.32 Å². The van der Waals surface area contributed by atoms with Gasteiger partial charge in [-0.25, -0.2) is 4.98 Å². The van der Waals surface area contributed by atoms with E-state index in [1.165, 1.54) is 29.5 Å². The molecule has 3 rings (SSSR count). The molecular weight excluding hydrogens is 263 g/mol. The largest absolute Gasteiger partial charge is 0.310 e. The second-order valence-corrected chi connectivity index (χ2v) is 5.50. The number of amides is 1. The molecule has 3 nitrogen and oxygen atoms in total. The van der Waals surface area contributed by atoms with E-state index in [1.807, 2.05) is 24.3 Å². The Labute approximate surface area is 114 Å². The number of hydrogen-bond acceptors (Lipinski definition) is 3. The van der Waals surface area contributed by atoms with E-state index in [2.05, 4.69) is 10.3 Å². The lowest BCUT2D eigenvalue weighted by Gasteiger charge is -2.09. The zero-order valence-electron chi connectivity index (χ0n) is 9.97. The number of carbonyl (C=O) groups is 1. The summed E-state index contributed by atoms with van der Waals surface area (Å²) in [6, 6.07) is 12.3. The molecule has 0 fully saturated rings. The predicted octanol–water partition coefficient (Wildman–Crippen LogP) is 2.88. The number of halogens is 1. The Kier molecular flexibility index (Phi) is 3.21. The third kappa shape index (κ3) is 2.61. The van der Waals surface area contributed by atoms with E-state index in [0.717, 1.165) is 4.90 Å². The highest BCUT2D eigenvalue weighted by molar-refractivity contribution is 8.01. The molecule has 2 heterocycles. The number of benzene rings is 1. The fraction of sp³-hybridized carbons (Fsp3) is 0.143. The van der Waals surface area contributed by atoms with Gasteiger partial charge in [0, 0.05) is 4.90 Å². The fourth-order valence-electron chi connectivity index (χ4n) is 2.01. The van der Waals surface area contributed by atoms with Crippen molar-refractivity contribution in [1.29, 1.82) is 0 Å². The zero-order chi connectivity index (χ0) is 13.2. The topological polar surface area (TPSA) is 42.0 Å². The van der Waals surface area contributed by atoms with E-state index in [1.54, 1.807) is 6.07 Å². The van der Waals surface area contributed by atoms with E-state index in [0.29, 0.717) is 6.42 Å². The maximum absolute atomic E-state index is 12.9. The molecule has 2 aromatic rings. The number of anilines is 1. The molecule has 5 heteroatoms. The third-order valence-electron chi connectivity index (χ3n) is 2.91. The number of rotatable bonds is 2. The highest BCUT2D eigenvalue weighted by Gasteiger charge is 2.28. The van der Waals surface area contributed by atoms with Crippen LogP contribution in [0.25, 0.3) is 0 Å². The molecule has 0 spiro atoms. The van der Waals surface area contributed by atoms with Gasteiger partial charge >= 0.3 is 0 Å². The van der Waals surface area contributed by atoms with Crippen LogP contribution >= 0.6 is 11.8 Å². The quantitative estimate of drug-likeness (QED) is 0.856.